The smallest absolute Gasteiger partial charge is 0.123 e. The fraction of sp³-hybridized carbons (Fsp3) is 0.500. The molecular weight excluding hydrogens is 254 g/mol. The van der Waals surface area contributed by atoms with Crippen LogP contribution in [0.5, 0.6) is 5.75 Å². The molecule has 1 atom stereocenters. The van der Waals surface area contributed by atoms with E-state index in [0.717, 1.165) is 28.6 Å². The lowest BCUT2D eigenvalue weighted by Crippen LogP contribution is -2.33. The van der Waals surface area contributed by atoms with Crippen molar-refractivity contribution < 1.29 is 5.11 Å². The Labute approximate surface area is 98.8 Å². The zero-order valence-electron chi connectivity index (χ0n) is 9.10. The highest BCUT2D eigenvalue weighted by Gasteiger charge is 2.32. The third-order valence-electron chi connectivity index (χ3n) is 3.23. The van der Waals surface area contributed by atoms with E-state index in [-0.39, 0.29) is 5.54 Å². The van der Waals surface area contributed by atoms with E-state index in [9.17, 15) is 5.11 Å². The van der Waals surface area contributed by atoms with E-state index in [0.29, 0.717) is 5.75 Å². The zero-order valence-corrected chi connectivity index (χ0v) is 10.7. The Hall–Kier alpha value is -0.540. The number of hydrogen-bond acceptors (Lipinski definition) is 2. The van der Waals surface area contributed by atoms with Crippen LogP contribution in [0.15, 0.2) is 16.6 Å². The predicted octanol–water partition coefficient (Wildman–Crippen LogP) is 3.06. The van der Waals surface area contributed by atoms with Crippen LogP contribution >= 0.6 is 15.9 Å². The molecular formula is C12H16BrNO. The van der Waals surface area contributed by atoms with Crippen molar-refractivity contribution in [1.82, 2.24) is 5.32 Å². The number of nitrogens with one attached hydrogen (secondary N) is 1. The van der Waals surface area contributed by atoms with Gasteiger partial charge in [0.1, 0.15) is 5.75 Å². The first-order valence-electron chi connectivity index (χ1n) is 5.27. The van der Waals surface area contributed by atoms with Crippen molar-refractivity contribution in [2.75, 3.05) is 6.54 Å². The summed E-state index contributed by atoms with van der Waals surface area (Å²) in [5, 5.41) is 13.6. The lowest BCUT2D eigenvalue weighted by atomic mass is 9.88. The third kappa shape index (κ3) is 1.91. The average molecular weight is 270 g/mol. The van der Waals surface area contributed by atoms with E-state index in [1.54, 1.807) is 0 Å². The van der Waals surface area contributed by atoms with E-state index in [1.807, 2.05) is 19.1 Å². The van der Waals surface area contributed by atoms with Crippen molar-refractivity contribution >= 4 is 15.9 Å². The maximum Gasteiger partial charge on any atom is 0.123 e. The summed E-state index contributed by atoms with van der Waals surface area (Å²) in [6, 6.07) is 3.96. The molecule has 0 amide bonds. The van der Waals surface area contributed by atoms with E-state index < -0.39 is 0 Å². The minimum Gasteiger partial charge on any atom is -0.507 e. The highest BCUT2D eigenvalue weighted by atomic mass is 79.9. The Balaban J connectivity index is 2.51. The van der Waals surface area contributed by atoms with Crippen LogP contribution in [0.25, 0.3) is 0 Å². The standard InChI is InChI=1S/C12H16BrNO/c1-8-6-9(13)7-10(11(8)15)12(2)4-3-5-14-12/h6-7,14-15H,3-5H2,1-2H3. The van der Waals surface area contributed by atoms with Gasteiger partial charge in [-0.25, -0.2) is 0 Å². The molecule has 2 nitrogen and oxygen atoms in total. The molecule has 2 N–H and O–H groups in total. The molecule has 1 aliphatic rings. The molecule has 1 aromatic carbocycles. The summed E-state index contributed by atoms with van der Waals surface area (Å²) in [7, 11) is 0. The minimum absolute atomic E-state index is 0.0708. The van der Waals surface area contributed by atoms with Gasteiger partial charge in [0.15, 0.2) is 0 Å². The maximum atomic E-state index is 10.1. The Morgan fingerprint density at radius 1 is 1.47 bits per heavy atom. The second kappa shape index (κ2) is 3.80. The van der Waals surface area contributed by atoms with Crippen LogP contribution in [0.2, 0.25) is 0 Å². The van der Waals surface area contributed by atoms with Crippen LogP contribution in [0.4, 0.5) is 0 Å². The Morgan fingerprint density at radius 3 is 2.80 bits per heavy atom. The Morgan fingerprint density at radius 2 is 2.20 bits per heavy atom. The molecule has 1 unspecified atom stereocenters. The van der Waals surface area contributed by atoms with E-state index in [2.05, 4.69) is 28.2 Å². The number of aromatic hydroxyl groups is 1. The van der Waals surface area contributed by atoms with Gasteiger partial charge in [0.05, 0.1) is 0 Å². The van der Waals surface area contributed by atoms with Crippen LogP contribution < -0.4 is 5.32 Å². The second-order valence-corrected chi connectivity index (χ2v) is 5.40. The topological polar surface area (TPSA) is 32.3 Å². The molecule has 0 aromatic heterocycles. The summed E-state index contributed by atoms with van der Waals surface area (Å²) in [6.45, 7) is 5.12. The van der Waals surface area contributed by atoms with Gasteiger partial charge in [-0.05, 0) is 50.9 Å². The molecule has 0 bridgehead atoms. The molecule has 0 aliphatic carbocycles. The molecule has 1 aliphatic heterocycles. The van der Waals surface area contributed by atoms with Gasteiger partial charge < -0.3 is 10.4 Å². The highest BCUT2D eigenvalue weighted by molar-refractivity contribution is 9.10. The Kier molecular flexibility index (Phi) is 2.77. The number of halogens is 1. The van der Waals surface area contributed by atoms with Gasteiger partial charge in [0.25, 0.3) is 0 Å². The third-order valence-corrected chi connectivity index (χ3v) is 3.69. The van der Waals surface area contributed by atoms with Gasteiger partial charge in [0, 0.05) is 15.6 Å². The molecule has 1 aromatic rings. The summed E-state index contributed by atoms with van der Waals surface area (Å²) in [4.78, 5) is 0. The molecule has 0 radical (unpaired) electrons. The van der Waals surface area contributed by atoms with Crippen molar-refractivity contribution in [2.24, 2.45) is 0 Å². The number of phenols is 1. The molecule has 0 saturated carbocycles. The fourth-order valence-corrected chi connectivity index (χ4v) is 2.85. The van der Waals surface area contributed by atoms with Gasteiger partial charge in [-0.15, -0.1) is 0 Å². The number of benzene rings is 1. The summed E-state index contributed by atoms with van der Waals surface area (Å²) in [6.07, 6.45) is 2.25. The molecule has 1 fully saturated rings. The average Bonchev–Trinajstić information content (AvgIpc) is 2.59. The SMILES string of the molecule is Cc1cc(Br)cc(C2(C)CCCN2)c1O. The number of rotatable bonds is 1. The molecule has 3 heteroatoms. The lowest BCUT2D eigenvalue weighted by Gasteiger charge is -2.26. The number of hydrogen-bond donors (Lipinski definition) is 2. The largest absolute Gasteiger partial charge is 0.507 e. The van der Waals surface area contributed by atoms with Crippen molar-refractivity contribution in [2.45, 2.75) is 32.2 Å². The first-order valence-corrected chi connectivity index (χ1v) is 6.07. The molecule has 82 valence electrons. The van der Waals surface area contributed by atoms with Crippen LogP contribution in [0.3, 0.4) is 0 Å². The van der Waals surface area contributed by atoms with Gasteiger partial charge in [0.2, 0.25) is 0 Å². The summed E-state index contributed by atoms with van der Waals surface area (Å²) in [5.74, 6) is 0.426. The number of aryl methyl sites for hydroxylation is 1. The van der Waals surface area contributed by atoms with Gasteiger partial charge in [-0.2, -0.15) is 0 Å². The van der Waals surface area contributed by atoms with Crippen LogP contribution in [0.1, 0.15) is 30.9 Å². The minimum atomic E-state index is -0.0708. The van der Waals surface area contributed by atoms with E-state index in [4.69, 9.17) is 0 Å². The van der Waals surface area contributed by atoms with Crippen LogP contribution in [0, 0.1) is 6.92 Å². The second-order valence-electron chi connectivity index (χ2n) is 4.48. The highest BCUT2D eigenvalue weighted by Crippen LogP contribution is 2.39. The molecule has 1 heterocycles. The molecule has 0 spiro atoms. The number of phenolic OH excluding ortho intramolecular Hbond substituents is 1. The van der Waals surface area contributed by atoms with Gasteiger partial charge in [-0.1, -0.05) is 15.9 Å². The summed E-state index contributed by atoms with van der Waals surface area (Å²) in [5.41, 5.74) is 1.86. The molecule has 1 saturated heterocycles. The monoisotopic (exact) mass is 269 g/mol. The Bertz CT molecular complexity index is 383. The van der Waals surface area contributed by atoms with Crippen LogP contribution in [-0.2, 0) is 5.54 Å². The predicted molar refractivity (Wildman–Crippen MR) is 65.1 cm³/mol. The van der Waals surface area contributed by atoms with E-state index >= 15 is 0 Å². The maximum absolute atomic E-state index is 10.1. The first-order chi connectivity index (χ1) is 7.03. The molecule has 2 rings (SSSR count). The summed E-state index contributed by atoms with van der Waals surface area (Å²) >= 11 is 3.48. The quantitative estimate of drug-likeness (QED) is 0.822. The first kappa shape index (κ1) is 11.0. The zero-order chi connectivity index (χ0) is 11.1. The van der Waals surface area contributed by atoms with Crippen molar-refractivity contribution in [1.29, 1.82) is 0 Å². The summed E-state index contributed by atoms with van der Waals surface area (Å²) < 4.78 is 1.03. The normalized spacial score (nSPS) is 25.8. The molecule has 15 heavy (non-hydrogen) atoms. The van der Waals surface area contributed by atoms with E-state index in [1.165, 1.54) is 6.42 Å². The van der Waals surface area contributed by atoms with Crippen LogP contribution in [-0.4, -0.2) is 11.7 Å². The van der Waals surface area contributed by atoms with Gasteiger partial charge >= 0.3 is 0 Å². The van der Waals surface area contributed by atoms with Crippen molar-refractivity contribution in [3.63, 3.8) is 0 Å². The van der Waals surface area contributed by atoms with Gasteiger partial charge in [-0.3, -0.25) is 0 Å². The van der Waals surface area contributed by atoms with Crippen molar-refractivity contribution in [3.8, 4) is 5.75 Å². The van der Waals surface area contributed by atoms with Crippen molar-refractivity contribution in [3.05, 3.63) is 27.7 Å². The lowest BCUT2D eigenvalue weighted by molar-refractivity contribution is 0.392. The fourth-order valence-electron chi connectivity index (χ4n) is 2.28.